The predicted molar refractivity (Wildman–Crippen MR) is 99.5 cm³/mol. The Morgan fingerprint density at radius 3 is 2.62 bits per heavy atom. The van der Waals surface area contributed by atoms with Crippen molar-refractivity contribution in [1.29, 1.82) is 0 Å². The maximum Gasteiger partial charge on any atom is 0.191 e. The average Bonchev–Trinajstić information content (AvgIpc) is 3.28. The average molecular weight is 351 g/mol. The van der Waals surface area contributed by atoms with E-state index in [1.165, 1.54) is 44.9 Å². The summed E-state index contributed by atoms with van der Waals surface area (Å²) in [5.74, 6) is 1.84. The van der Waals surface area contributed by atoms with Gasteiger partial charge in [-0.05, 0) is 44.8 Å². The normalized spacial score (nSPS) is 20.0. The Morgan fingerprint density at radius 1 is 1.17 bits per heavy atom. The molecule has 0 radical (unpaired) electrons. The van der Waals surface area contributed by atoms with Crippen molar-refractivity contribution in [3.05, 3.63) is 5.82 Å². The summed E-state index contributed by atoms with van der Waals surface area (Å²) in [6.07, 6.45) is 13.0. The summed E-state index contributed by atoms with van der Waals surface area (Å²) in [5, 5.41) is 9.88. The van der Waals surface area contributed by atoms with Gasteiger partial charge in [0, 0.05) is 32.1 Å². The predicted octanol–water partition coefficient (Wildman–Crippen LogP) is 2.85. The van der Waals surface area contributed by atoms with Gasteiger partial charge in [-0.1, -0.05) is 24.6 Å². The number of likely N-dealkylation sites (tertiary alicyclic amines) is 1. The highest BCUT2D eigenvalue weighted by atomic mass is 32.2. The minimum absolute atomic E-state index is 0.597. The largest absolute Gasteiger partial charge is 0.370 e. The number of rotatable bonds is 6. The molecular formula is C17H30N6S. The molecule has 24 heavy (non-hydrogen) atoms. The molecule has 0 unspecified atom stereocenters. The van der Waals surface area contributed by atoms with Gasteiger partial charge in [0.05, 0.1) is 0 Å². The number of hydrogen-bond acceptors (Lipinski definition) is 4. The van der Waals surface area contributed by atoms with Gasteiger partial charge >= 0.3 is 0 Å². The van der Waals surface area contributed by atoms with Gasteiger partial charge in [-0.15, -0.1) is 10.2 Å². The SMILES string of the molecule is CSc1nnc(CCCN=C(N)N2CCCCC2)n1C1CCCC1. The lowest BCUT2D eigenvalue weighted by molar-refractivity contribution is 0.338. The van der Waals surface area contributed by atoms with Crippen LogP contribution in [0.25, 0.3) is 0 Å². The van der Waals surface area contributed by atoms with Crippen LogP contribution in [0.1, 0.15) is 63.2 Å². The summed E-state index contributed by atoms with van der Waals surface area (Å²) in [6.45, 7) is 2.89. The quantitative estimate of drug-likeness (QED) is 0.370. The summed E-state index contributed by atoms with van der Waals surface area (Å²) in [4.78, 5) is 6.79. The van der Waals surface area contributed by atoms with Crippen LogP contribution < -0.4 is 5.73 Å². The van der Waals surface area contributed by atoms with E-state index < -0.39 is 0 Å². The molecule has 134 valence electrons. The number of guanidine groups is 1. The second-order valence-corrected chi connectivity index (χ2v) is 7.58. The minimum Gasteiger partial charge on any atom is -0.370 e. The first-order chi connectivity index (χ1) is 11.8. The molecule has 2 heterocycles. The topological polar surface area (TPSA) is 72.3 Å². The molecule has 1 saturated carbocycles. The number of aliphatic imine (C=N–C) groups is 1. The van der Waals surface area contributed by atoms with Gasteiger partial charge in [-0.3, -0.25) is 4.99 Å². The molecule has 1 aromatic heterocycles. The van der Waals surface area contributed by atoms with Gasteiger partial charge in [-0.25, -0.2) is 0 Å². The number of piperidine rings is 1. The lowest BCUT2D eigenvalue weighted by Crippen LogP contribution is -2.40. The number of nitrogens with two attached hydrogens (primary N) is 1. The fourth-order valence-electron chi connectivity index (χ4n) is 3.80. The van der Waals surface area contributed by atoms with Gasteiger partial charge in [0.15, 0.2) is 11.1 Å². The molecule has 0 aromatic carbocycles. The van der Waals surface area contributed by atoms with Crippen LogP contribution in [0.2, 0.25) is 0 Å². The van der Waals surface area contributed by atoms with Crippen LogP contribution in [0.15, 0.2) is 10.1 Å². The molecule has 7 heteroatoms. The second-order valence-electron chi connectivity index (χ2n) is 6.80. The van der Waals surface area contributed by atoms with E-state index in [1.807, 2.05) is 0 Å². The van der Waals surface area contributed by atoms with Crippen molar-refractivity contribution in [2.75, 3.05) is 25.9 Å². The molecule has 0 spiro atoms. The van der Waals surface area contributed by atoms with Gasteiger partial charge < -0.3 is 15.2 Å². The summed E-state index contributed by atoms with van der Waals surface area (Å²) < 4.78 is 2.38. The Morgan fingerprint density at radius 2 is 1.92 bits per heavy atom. The van der Waals surface area contributed by atoms with Crippen LogP contribution >= 0.6 is 11.8 Å². The van der Waals surface area contributed by atoms with E-state index in [1.54, 1.807) is 11.8 Å². The van der Waals surface area contributed by atoms with Crippen molar-refractivity contribution in [2.24, 2.45) is 10.7 Å². The van der Waals surface area contributed by atoms with E-state index in [0.717, 1.165) is 49.4 Å². The third kappa shape index (κ3) is 4.23. The zero-order valence-corrected chi connectivity index (χ0v) is 15.6. The highest BCUT2D eigenvalue weighted by molar-refractivity contribution is 7.98. The molecule has 2 N–H and O–H groups in total. The highest BCUT2D eigenvalue weighted by Gasteiger charge is 2.23. The lowest BCUT2D eigenvalue weighted by Gasteiger charge is -2.27. The minimum atomic E-state index is 0.597. The van der Waals surface area contributed by atoms with Gasteiger partial charge in [0.2, 0.25) is 0 Å². The first-order valence-electron chi connectivity index (χ1n) is 9.32. The zero-order chi connectivity index (χ0) is 16.8. The Balaban J connectivity index is 1.53. The molecule has 0 atom stereocenters. The Kier molecular flexibility index (Phi) is 6.40. The summed E-state index contributed by atoms with van der Waals surface area (Å²) in [5.41, 5.74) is 6.12. The molecule has 2 aliphatic rings. The molecule has 1 saturated heterocycles. The fraction of sp³-hybridized carbons (Fsp3) is 0.824. The Labute approximate surface area is 149 Å². The number of nitrogens with zero attached hydrogens (tertiary/aromatic N) is 5. The fourth-order valence-corrected chi connectivity index (χ4v) is 4.37. The molecule has 6 nitrogen and oxygen atoms in total. The van der Waals surface area contributed by atoms with E-state index in [4.69, 9.17) is 5.73 Å². The molecule has 1 aliphatic heterocycles. The van der Waals surface area contributed by atoms with Crippen molar-refractivity contribution in [3.8, 4) is 0 Å². The molecule has 0 amide bonds. The van der Waals surface area contributed by atoms with Crippen molar-refractivity contribution in [2.45, 2.75) is 69.0 Å². The number of thioether (sulfide) groups is 1. The summed E-state index contributed by atoms with van der Waals surface area (Å²) in [6, 6.07) is 0.597. The van der Waals surface area contributed by atoms with Crippen LogP contribution in [0.4, 0.5) is 0 Å². The monoisotopic (exact) mass is 350 g/mol. The summed E-state index contributed by atoms with van der Waals surface area (Å²) >= 11 is 1.70. The zero-order valence-electron chi connectivity index (χ0n) is 14.8. The van der Waals surface area contributed by atoms with Crippen molar-refractivity contribution >= 4 is 17.7 Å². The number of aromatic nitrogens is 3. The molecule has 0 bridgehead atoms. The van der Waals surface area contributed by atoms with Crippen LogP contribution in [-0.2, 0) is 6.42 Å². The number of hydrogen-bond donors (Lipinski definition) is 1. The highest BCUT2D eigenvalue weighted by Crippen LogP contribution is 2.33. The Bertz CT molecular complexity index is 543. The van der Waals surface area contributed by atoms with E-state index in [-0.39, 0.29) is 0 Å². The van der Waals surface area contributed by atoms with Gasteiger partial charge in [0.1, 0.15) is 5.82 Å². The van der Waals surface area contributed by atoms with Crippen molar-refractivity contribution in [3.63, 3.8) is 0 Å². The van der Waals surface area contributed by atoms with Crippen molar-refractivity contribution in [1.82, 2.24) is 19.7 Å². The maximum absolute atomic E-state index is 6.12. The van der Waals surface area contributed by atoms with Crippen LogP contribution in [0.5, 0.6) is 0 Å². The molecular weight excluding hydrogens is 320 g/mol. The first kappa shape index (κ1) is 17.6. The van der Waals surface area contributed by atoms with E-state index in [0.29, 0.717) is 6.04 Å². The van der Waals surface area contributed by atoms with Gasteiger partial charge in [0.25, 0.3) is 0 Å². The summed E-state index contributed by atoms with van der Waals surface area (Å²) in [7, 11) is 0. The second kappa shape index (κ2) is 8.74. The maximum atomic E-state index is 6.12. The third-order valence-electron chi connectivity index (χ3n) is 5.12. The molecule has 1 aliphatic carbocycles. The standard InChI is InChI=1S/C17H30N6S/c1-24-17-21-20-15(23(17)14-8-3-4-9-14)10-7-11-19-16(18)22-12-5-2-6-13-22/h14H,2-13H2,1H3,(H2,18,19). The Hall–Kier alpha value is -1.24. The first-order valence-corrected chi connectivity index (χ1v) is 10.5. The molecule has 2 fully saturated rings. The van der Waals surface area contributed by atoms with Crippen LogP contribution in [0, 0.1) is 0 Å². The number of aryl methyl sites for hydroxylation is 1. The van der Waals surface area contributed by atoms with Crippen LogP contribution in [-0.4, -0.2) is 51.5 Å². The van der Waals surface area contributed by atoms with E-state index >= 15 is 0 Å². The van der Waals surface area contributed by atoms with Gasteiger partial charge in [-0.2, -0.15) is 0 Å². The van der Waals surface area contributed by atoms with E-state index in [2.05, 4.69) is 30.9 Å². The molecule has 1 aromatic rings. The van der Waals surface area contributed by atoms with Crippen molar-refractivity contribution < 1.29 is 0 Å². The third-order valence-corrected chi connectivity index (χ3v) is 5.76. The van der Waals surface area contributed by atoms with Crippen LogP contribution in [0.3, 0.4) is 0 Å². The van der Waals surface area contributed by atoms with E-state index in [9.17, 15) is 0 Å². The lowest BCUT2D eigenvalue weighted by atomic mass is 10.1. The smallest absolute Gasteiger partial charge is 0.191 e. The molecule has 3 rings (SSSR count).